The third-order valence-corrected chi connectivity index (χ3v) is 5.10. The summed E-state index contributed by atoms with van der Waals surface area (Å²) in [6.07, 6.45) is 0. The lowest BCUT2D eigenvalue weighted by atomic mass is 10.1. The summed E-state index contributed by atoms with van der Waals surface area (Å²) in [4.78, 5) is 4.76. The molecule has 0 spiro atoms. The second-order valence-corrected chi connectivity index (χ2v) is 7.16. The van der Waals surface area contributed by atoms with Crippen molar-refractivity contribution >= 4 is 33.2 Å². The van der Waals surface area contributed by atoms with E-state index in [-0.39, 0.29) is 5.75 Å². The second-order valence-electron chi connectivity index (χ2n) is 5.87. The van der Waals surface area contributed by atoms with Gasteiger partial charge in [0.1, 0.15) is 0 Å². The number of benzene rings is 2. The Morgan fingerprint density at radius 1 is 1.17 bits per heavy atom. The topological polar surface area (TPSA) is 35.9 Å². The lowest BCUT2D eigenvalue weighted by molar-refractivity contribution is 0.249. The van der Waals surface area contributed by atoms with Crippen LogP contribution in [0.25, 0.3) is 0 Å². The van der Waals surface area contributed by atoms with Gasteiger partial charge in [-0.2, -0.15) is 0 Å². The molecule has 1 N–H and O–H groups in total. The monoisotopic (exact) mass is 410 g/mol. The maximum absolute atomic E-state index is 9.91. The number of hydrogen-bond acceptors (Lipinski definition) is 4. The number of hydrogen-bond donors (Lipinski definition) is 1. The molecule has 0 aliphatic carbocycles. The Bertz CT molecular complexity index is 718. The van der Waals surface area contributed by atoms with Crippen molar-refractivity contribution in [2.24, 2.45) is 0 Å². The molecule has 4 nitrogen and oxygen atoms in total. The molecule has 1 aliphatic heterocycles. The van der Waals surface area contributed by atoms with Crippen molar-refractivity contribution < 1.29 is 9.84 Å². The van der Waals surface area contributed by atoms with Gasteiger partial charge >= 0.3 is 0 Å². The van der Waals surface area contributed by atoms with Crippen molar-refractivity contribution in [3.05, 3.63) is 51.5 Å². The molecule has 1 saturated heterocycles. The third-order valence-electron chi connectivity index (χ3n) is 4.26. The van der Waals surface area contributed by atoms with E-state index in [1.165, 1.54) is 5.69 Å². The van der Waals surface area contributed by atoms with E-state index < -0.39 is 0 Å². The van der Waals surface area contributed by atoms with Crippen LogP contribution in [0, 0.1) is 0 Å². The molecule has 3 rings (SSSR count). The molecule has 0 amide bonds. The number of nitrogens with zero attached hydrogens (tertiary/aromatic N) is 2. The summed E-state index contributed by atoms with van der Waals surface area (Å²) < 4.78 is 5.88. The number of piperazine rings is 1. The fraction of sp³-hybridized carbons (Fsp3) is 0.333. The predicted octanol–water partition coefficient (Wildman–Crippen LogP) is 4.14. The highest BCUT2D eigenvalue weighted by Gasteiger charge is 2.18. The maximum atomic E-state index is 9.91. The first-order chi connectivity index (χ1) is 11.6. The molecule has 0 aromatic heterocycles. The van der Waals surface area contributed by atoms with Gasteiger partial charge in [0.25, 0.3) is 0 Å². The van der Waals surface area contributed by atoms with Gasteiger partial charge in [-0.05, 0) is 51.8 Å². The first-order valence-electron chi connectivity index (χ1n) is 7.85. The van der Waals surface area contributed by atoms with Gasteiger partial charge in [-0.3, -0.25) is 4.90 Å². The van der Waals surface area contributed by atoms with Crippen LogP contribution in [0.2, 0.25) is 5.02 Å². The Labute approximate surface area is 155 Å². The van der Waals surface area contributed by atoms with E-state index >= 15 is 0 Å². The summed E-state index contributed by atoms with van der Waals surface area (Å²) in [5.74, 6) is 0.643. The van der Waals surface area contributed by atoms with E-state index in [1.807, 2.05) is 30.3 Å². The zero-order valence-electron chi connectivity index (χ0n) is 13.5. The van der Waals surface area contributed by atoms with Crippen molar-refractivity contribution in [1.29, 1.82) is 0 Å². The average molecular weight is 412 g/mol. The summed E-state index contributed by atoms with van der Waals surface area (Å²) in [7, 11) is 1.56. The zero-order chi connectivity index (χ0) is 17.1. The normalized spacial score (nSPS) is 15.5. The Kier molecular flexibility index (Phi) is 5.54. The van der Waals surface area contributed by atoms with Crippen LogP contribution in [0.5, 0.6) is 11.5 Å². The molecule has 1 aliphatic rings. The Balaban J connectivity index is 1.62. The highest BCUT2D eigenvalue weighted by Crippen LogP contribution is 2.35. The minimum Gasteiger partial charge on any atom is -0.503 e. The van der Waals surface area contributed by atoms with Crippen LogP contribution in [0.4, 0.5) is 5.69 Å². The fourth-order valence-corrected chi connectivity index (χ4v) is 3.64. The summed E-state index contributed by atoms with van der Waals surface area (Å²) in [6, 6.07) is 11.8. The number of ether oxygens (including phenoxy) is 1. The molecular weight excluding hydrogens is 392 g/mol. The lowest BCUT2D eigenvalue weighted by Crippen LogP contribution is -2.45. The fourth-order valence-electron chi connectivity index (χ4n) is 2.97. The number of anilines is 1. The molecule has 0 atom stereocenters. The second kappa shape index (κ2) is 7.64. The summed E-state index contributed by atoms with van der Waals surface area (Å²) >= 11 is 9.46. The maximum Gasteiger partial charge on any atom is 0.172 e. The van der Waals surface area contributed by atoms with Crippen molar-refractivity contribution in [3.8, 4) is 11.5 Å². The molecule has 0 unspecified atom stereocenters. The van der Waals surface area contributed by atoms with Crippen molar-refractivity contribution in [1.82, 2.24) is 4.90 Å². The van der Waals surface area contributed by atoms with Crippen LogP contribution in [0.3, 0.4) is 0 Å². The standard InChI is InChI=1S/C18H20BrClN2O2/c1-24-17-10-13(9-16(19)18(17)23)12-21-5-7-22(8-6-21)15-4-2-3-14(20)11-15/h2-4,9-11,23H,5-8,12H2,1H3. The number of aromatic hydroxyl groups is 1. The first kappa shape index (κ1) is 17.4. The van der Waals surface area contributed by atoms with Gasteiger partial charge in [-0.1, -0.05) is 17.7 Å². The summed E-state index contributed by atoms with van der Waals surface area (Å²) in [6.45, 7) is 4.73. The molecule has 0 saturated carbocycles. The third kappa shape index (κ3) is 3.97. The average Bonchev–Trinajstić information content (AvgIpc) is 2.58. The lowest BCUT2D eigenvalue weighted by Gasteiger charge is -2.36. The van der Waals surface area contributed by atoms with Crippen LogP contribution < -0.4 is 9.64 Å². The van der Waals surface area contributed by atoms with E-state index in [1.54, 1.807) is 7.11 Å². The summed E-state index contributed by atoms with van der Waals surface area (Å²) in [5.41, 5.74) is 2.30. The van der Waals surface area contributed by atoms with E-state index in [0.717, 1.165) is 43.3 Å². The van der Waals surface area contributed by atoms with Crippen LogP contribution in [-0.2, 0) is 6.54 Å². The quantitative estimate of drug-likeness (QED) is 0.820. The van der Waals surface area contributed by atoms with Crippen molar-refractivity contribution in [2.45, 2.75) is 6.54 Å². The van der Waals surface area contributed by atoms with Crippen LogP contribution >= 0.6 is 27.5 Å². The van der Waals surface area contributed by atoms with Gasteiger partial charge in [0.05, 0.1) is 11.6 Å². The van der Waals surface area contributed by atoms with Crippen LogP contribution in [0.15, 0.2) is 40.9 Å². The molecule has 2 aromatic carbocycles. The molecule has 1 fully saturated rings. The zero-order valence-corrected chi connectivity index (χ0v) is 15.8. The smallest absolute Gasteiger partial charge is 0.172 e. The van der Waals surface area contributed by atoms with E-state index in [9.17, 15) is 5.11 Å². The molecule has 24 heavy (non-hydrogen) atoms. The van der Waals surface area contributed by atoms with Gasteiger partial charge in [0.15, 0.2) is 11.5 Å². The van der Waals surface area contributed by atoms with Gasteiger partial charge in [0.2, 0.25) is 0 Å². The minimum atomic E-state index is 0.145. The predicted molar refractivity (Wildman–Crippen MR) is 101 cm³/mol. The van der Waals surface area contributed by atoms with Crippen LogP contribution in [-0.4, -0.2) is 43.3 Å². The van der Waals surface area contributed by atoms with Gasteiger partial charge < -0.3 is 14.7 Å². The highest BCUT2D eigenvalue weighted by molar-refractivity contribution is 9.10. The van der Waals surface area contributed by atoms with Gasteiger partial charge in [-0.15, -0.1) is 0 Å². The molecule has 1 heterocycles. The largest absolute Gasteiger partial charge is 0.503 e. The van der Waals surface area contributed by atoms with E-state index in [2.05, 4.69) is 31.8 Å². The first-order valence-corrected chi connectivity index (χ1v) is 9.02. The number of methoxy groups -OCH3 is 1. The highest BCUT2D eigenvalue weighted by atomic mass is 79.9. The van der Waals surface area contributed by atoms with Crippen molar-refractivity contribution in [3.63, 3.8) is 0 Å². The molecule has 0 radical (unpaired) electrons. The Hall–Kier alpha value is -1.43. The van der Waals surface area contributed by atoms with Gasteiger partial charge in [-0.25, -0.2) is 0 Å². The number of phenols is 1. The molecular formula is C18H20BrClN2O2. The minimum absolute atomic E-state index is 0.145. The number of rotatable bonds is 4. The summed E-state index contributed by atoms with van der Waals surface area (Å²) in [5, 5.41) is 10.7. The molecule has 2 aromatic rings. The van der Waals surface area contributed by atoms with Crippen molar-refractivity contribution in [2.75, 3.05) is 38.2 Å². The molecule has 0 bridgehead atoms. The van der Waals surface area contributed by atoms with E-state index in [0.29, 0.717) is 10.2 Å². The molecule has 6 heteroatoms. The van der Waals surface area contributed by atoms with Crippen LogP contribution in [0.1, 0.15) is 5.56 Å². The van der Waals surface area contributed by atoms with Gasteiger partial charge in [0, 0.05) is 43.4 Å². The SMILES string of the molecule is COc1cc(CN2CCN(c3cccc(Cl)c3)CC2)cc(Br)c1O. The Morgan fingerprint density at radius 3 is 2.58 bits per heavy atom. The molecule has 128 valence electrons. The Morgan fingerprint density at radius 2 is 1.92 bits per heavy atom. The number of halogens is 2. The van der Waals surface area contributed by atoms with E-state index in [4.69, 9.17) is 16.3 Å². The number of phenolic OH excluding ortho intramolecular Hbond substituents is 1.